The fraction of sp³-hybridized carbons (Fsp3) is 1.00. The van der Waals surface area contributed by atoms with Crippen LogP contribution in [-0.2, 0) is 9.47 Å². The summed E-state index contributed by atoms with van der Waals surface area (Å²) in [7, 11) is 0. The SMILES string of the molecule is CC1(C)OC(CO)C(C)(C)O1. The molecule has 1 heterocycles. The van der Waals surface area contributed by atoms with Crippen molar-refractivity contribution in [3.05, 3.63) is 0 Å². The van der Waals surface area contributed by atoms with E-state index >= 15 is 0 Å². The number of hydrogen-bond acceptors (Lipinski definition) is 3. The summed E-state index contributed by atoms with van der Waals surface area (Å²) in [5, 5.41) is 8.93. The lowest BCUT2D eigenvalue weighted by atomic mass is 10.0. The minimum Gasteiger partial charge on any atom is -0.394 e. The van der Waals surface area contributed by atoms with Gasteiger partial charge in [0.05, 0.1) is 12.2 Å². The maximum Gasteiger partial charge on any atom is 0.164 e. The lowest BCUT2D eigenvalue weighted by Gasteiger charge is -2.22. The van der Waals surface area contributed by atoms with Gasteiger partial charge in [0, 0.05) is 0 Å². The predicted molar refractivity (Wildman–Crippen MR) is 41.2 cm³/mol. The van der Waals surface area contributed by atoms with Crippen molar-refractivity contribution in [2.24, 2.45) is 0 Å². The topological polar surface area (TPSA) is 38.7 Å². The van der Waals surface area contributed by atoms with Crippen LogP contribution in [0.3, 0.4) is 0 Å². The molecule has 1 rings (SSSR count). The van der Waals surface area contributed by atoms with Crippen molar-refractivity contribution >= 4 is 0 Å². The summed E-state index contributed by atoms with van der Waals surface area (Å²) in [5.74, 6) is -0.559. The molecule has 0 saturated carbocycles. The van der Waals surface area contributed by atoms with E-state index in [0.717, 1.165) is 0 Å². The number of aliphatic hydroxyl groups is 1. The van der Waals surface area contributed by atoms with E-state index < -0.39 is 5.79 Å². The van der Waals surface area contributed by atoms with Gasteiger partial charge >= 0.3 is 0 Å². The van der Waals surface area contributed by atoms with Crippen molar-refractivity contribution in [2.75, 3.05) is 6.61 Å². The lowest BCUT2D eigenvalue weighted by molar-refractivity contribution is -0.158. The van der Waals surface area contributed by atoms with Crippen molar-refractivity contribution < 1.29 is 14.6 Å². The molecule has 0 aromatic rings. The lowest BCUT2D eigenvalue weighted by Crippen LogP contribution is -2.35. The first-order valence-electron chi connectivity index (χ1n) is 3.86. The Morgan fingerprint density at radius 3 is 2.00 bits per heavy atom. The van der Waals surface area contributed by atoms with Crippen LogP contribution in [0.4, 0.5) is 0 Å². The van der Waals surface area contributed by atoms with E-state index in [1.54, 1.807) is 0 Å². The quantitative estimate of drug-likeness (QED) is 0.619. The van der Waals surface area contributed by atoms with E-state index in [0.29, 0.717) is 0 Å². The average molecular weight is 160 g/mol. The zero-order chi connectivity index (χ0) is 8.70. The molecule has 0 aromatic heterocycles. The highest BCUT2D eigenvalue weighted by atomic mass is 16.8. The molecule has 1 saturated heterocycles. The standard InChI is InChI=1S/C8H16O3/c1-7(2)6(5-9)10-8(3,4)11-7/h6,9H,5H2,1-4H3. The Kier molecular flexibility index (Phi) is 1.99. The molecule has 3 nitrogen and oxygen atoms in total. The largest absolute Gasteiger partial charge is 0.394 e. The summed E-state index contributed by atoms with van der Waals surface area (Å²) in [6, 6.07) is 0. The van der Waals surface area contributed by atoms with Crippen LogP contribution in [0.15, 0.2) is 0 Å². The van der Waals surface area contributed by atoms with Crippen LogP contribution in [0.1, 0.15) is 27.7 Å². The molecule has 1 atom stereocenters. The molecule has 3 heteroatoms. The predicted octanol–water partition coefficient (Wildman–Crippen LogP) is 0.909. The first kappa shape index (κ1) is 8.97. The number of rotatable bonds is 1. The van der Waals surface area contributed by atoms with Gasteiger partial charge in [-0.1, -0.05) is 0 Å². The van der Waals surface area contributed by atoms with Crippen LogP contribution in [0.5, 0.6) is 0 Å². The van der Waals surface area contributed by atoms with Gasteiger partial charge in [0.1, 0.15) is 6.10 Å². The second-order valence-electron chi connectivity index (χ2n) is 3.89. The first-order chi connectivity index (χ1) is 4.87. The van der Waals surface area contributed by atoms with Gasteiger partial charge in [-0.15, -0.1) is 0 Å². The molecule has 1 aliphatic heterocycles. The number of aliphatic hydroxyl groups excluding tert-OH is 1. The fourth-order valence-corrected chi connectivity index (χ4v) is 1.46. The number of ether oxygens (including phenoxy) is 2. The molecule has 66 valence electrons. The zero-order valence-electron chi connectivity index (χ0n) is 7.55. The molecule has 1 fully saturated rings. The first-order valence-corrected chi connectivity index (χ1v) is 3.86. The minimum absolute atomic E-state index is 0.0103. The normalized spacial score (nSPS) is 34.1. The highest BCUT2D eigenvalue weighted by Crippen LogP contribution is 2.35. The maximum absolute atomic E-state index is 8.93. The van der Waals surface area contributed by atoms with Crippen molar-refractivity contribution in [1.29, 1.82) is 0 Å². The van der Waals surface area contributed by atoms with E-state index in [9.17, 15) is 0 Å². The van der Waals surface area contributed by atoms with Gasteiger partial charge in [0.25, 0.3) is 0 Å². The van der Waals surface area contributed by atoms with Gasteiger partial charge in [-0.25, -0.2) is 0 Å². The van der Waals surface area contributed by atoms with E-state index in [2.05, 4.69) is 0 Å². The summed E-state index contributed by atoms with van der Waals surface area (Å²) < 4.78 is 11.0. The highest BCUT2D eigenvalue weighted by molar-refractivity contribution is 4.88. The van der Waals surface area contributed by atoms with Crippen molar-refractivity contribution in [2.45, 2.75) is 45.2 Å². The third-order valence-corrected chi connectivity index (χ3v) is 1.88. The van der Waals surface area contributed by atoms with Crippen LogP contribution in [0.25, 0.3) is 0 Å². The van der Waals surface area contributed by atoms with Crippen molar-refractivity contribution in [1.82, 2.24) is 0 Å². The third kappa shape index (κ3) is 1.72. The summed E-state index contributed by atoms with van der Waals surface area (Å²) in [6.45, 7) is 7.55. The van der Waals surface area contributed by atoms with E-state index in [4.69, 9.17) is 14.6 Å². The Bertz CT molecular complexity index is 151. The molecule has 0 bridgehead atoms. The van der Waals surface area contributed by atoms with Gasteiger partial charge in [-0.05, 0) is 27.7 Å². The van der Waals surface area contributed by atoms with Crippen LogP contribution in [-0.4, -0.2) is 29.2 Å². The summed E-state index contributed by atoms with van der Waals surface area (Å²) in [6.07, 6.45) is -0.211. The molecule has 1 N–H and O–H groups in total. The average Bonchev–Trinajstić information content (AvgIpc) is 1.99. The van der Waals surface area contributed by atoms with Gasteiger partial charge in [0.15, 0.2) is 5.79 Å². The third-order valence-electron chi connectivity index (χ3n) is 1.88. The summed E-state index contributed by atoms with van der Waals surface area (Å²) in [4.78, 5) is 0. The molecular weight excluding hydrogens is 144 g/mol. The smallest absolute Gasteiger partial charge is 0.164 e. The van der Waals surface area contributed by atoms with Crippen molar-refractivity contribution in [3.8, 4) is 0 Å². The molecular formula is C8H16O3. The van der Waals surface area contributed by atoms with Gasteiger partial charge in [0.2, 0.25) is 0 Å². The Labute approximate surface area is 67.3 Å². The molecule has 0 radical (unpaired) electrons. The van der Waals surface area contributed by atoms with E-state index in [-0.39, 0.29) is 18.3 Å². The Hall–Kier alpha value is -0.120. The monoisotopic (exact) mass is 160 g/mol. The fourth-order valence-electron chi connectivity index (χ4n) is 1.46. The number of hydrogen-bond donors (Lipinski definition) is 1. The van der Waals surface area contributed by atoms with Crippen LogP contribution < -0.4 is 0 Å². The second kappa shape index (κ2) is 2.44. The zero-order valence-corrected chi connectivity index (χ0v) is 7.55. The van der Waals surface area contributed by atoms with E-state index in [1.165, 1.54) is 0 Å². The van der Waals surface area contributed by atoms with Crippen LogP contribution in [0, 0.1) is 0 Å². The highest BCUT2D eigenvalue weighted by Gasteiger charge is 2.46. The molecule has 0 aliphatic carbocycles. The minimum atomic E-state index is -0.559. The maximum atomic E-state index is 8.93. The molecule has 1 unspecified atom stereocenters. The Morgan fingerprint density at radius 1 is 1.27 bits per heavy atom. The summed E-state index contributed by atoms with van der Waals surface area (Å²) >= 11 is 0. The summed E-state index contributed by atoms with van der Waals surface area (Å²) in [5.41, 5.74) is -0.377. The second-order valence-corrected chi connectivity index (χ2v) is 3.89. The Balaban J connectivity index is 2.71. The van der Waals surface area contributed by atoms with E-state index in [1.807, 2.05) is 27.7 Å². The van der Waals surface area contributed by atoms with Crippen LogP contribution >= 0.6 is 0 Å². The van der Waals surface area contributed by atoms with Gasteiger partial charge < -0.3 is 14.6 Å². The van der Waals surface area contributed by atoms with Crippen molar-refractivity contribution in [3.63, 3.8) is 0 Å². The van der Waals surface area contributed by atoms with Crippen LogP contribution in [0.2, 0.25) is 0 Å². The molecule has 11 heavy (non-hydrogen) atoms. The molecule has 1 aliphatic rings. The molecule has 0 spiro atoms. The van der Waals surface area contributed by atoms with Gasteiger partial charge in [-0.2, -0.15) is 0 Å². The Morgan fingerprint density at radius 2 is 1.82 bits per heavy atom. The molecule has 0 aromatic carbocycles. The molecule has 0 amide bonds. The van der Waals surface area contributed by atoms with Gasteiger partial charge in [-0.3, -0.25) is 0 Å².